The standard InChI is InChI=1S/C13H21N5O/c1-10-9-17(2)6-3-7-18(10)13(19)11-4-5-15-8-12(11)16-14/h4-5,8,10,16H,3,6-7,9,14H2,1-2H3. The number of pyridine rings is 1. The maximum absolute atomic E-state index is 12.6. The van der Waals surface area contributed by atoms with E-state index in [-0.39, 0.29) is 11.9 Å². The number of carbonyl (C=O) groups excluding carboxylic acids is 1. The predicted octanol–water partition coefficient (Wildman–Crippen LogP) is 0.533. The van der Waals surface area contributed by atoms with Gasteiger partial charge in [-0.3, -0.25) is 15.6 Å². The molecule has 1 unspecified atom stereocenters. The van der Waals surface area contributed by atoms with Crippen molar-refractivity contribution in [3.63, 3.8) is 0 Å². The quantitative estimate of drug-likeness (QED) is 0.601. The number of aromatic nitrogens is 1. The van der Waals surface area contributed by atoms with E-state index in [2.05, 4.69) is 29.3 Å². The van der Waals surface area contributed by atoms with E-state index in [9.17, 15) is 4.79 Å². The second kappa shape index (κ2) is 5.99. The van der Waals surface area contributed by atoms with Crippen LogP contribution in [0.3, 0.4) is 0 Å². The van der Waals surface area contributed by atoms with Crippen LogP contribution in [0.25, 0.3) is 0 Å². The van der Waals surface area contributed by atoms with E-state index in [1.807, 2.05) is 4.90 Å². The normalized spacial score (nSPS) is 21.0. The van der Waals surface area contributed by atoms with Crippen molar-refractivity contribution in [2.24, 2.45) is 5.84 Å². The monoisotopic (exact) mass is 263 g/mol. The van der Waals surface area contributed by atoms with Crippen LogP contribution in [-0.4, -0.2) is 53.4 Å². The molecule has 1 aliphatic rings. The molecule has 1 amide bonds. The van der Waals surface area contributed by atoms with Gasteiger partial charge in [0.15, 0.2) is 0 Å². The van der Waals surface area contributed by atoms with E-state index in [1.165, 1.54) is 0 Å². The Morgan fingerprint density at radius 3 is 3.05 bits per heavy atom. The zero-order chi connectivity index (χ0) is 13.8. The van der Waals surface area contributed by atoms with Crippen LogP contribution >= 0.6 is 0 Å². The number of nitrogens with zero attached hydrogens (tertiary/aromatic N) is 3. The zero-order valence-corrected chi connectivity index (χ0v) is 11.5. The van der Waals surface area contributed by atoms with Gasteiger partial charge in [-0.2, -0.15) is 0 Å². The van der Waals surface area contributed by atoms with Gasteiger partial charge in [0.25, 0.3) is 5.91 Å². The number of anilines is 1. The SMILES string of the molecule is CC1CN(C)CCCN1C(=O)c1ccncc1NN. The highest BCUT2D eigenvalue weighted by Crippen LogP contribution is 2.18. The second-order valence-electron chi connectivity index (χ2n) is 5.03. The molecule has 0 saturated carbocycles. The highest BCUT2D eigenvalue weighted by molar-refractivity contribution is 5.99. The summed E-state index contributed by atoms with van der Waals surface area (Å²) in [5.41, 5.74) is 3.68. The molecular formula is C13H21N5O. The molecule has 3 N–H and O–H groups in total. The number of hydrogen-bond acceptors (Lipinski definition) is 5. The van der Waals surface area contributed by atoms with E-state index in [1.54, 1.807) is 18.5 Å². The molecule has 0 aliphatic carbocycles. The third-order valence-corrected chi connectivity index (χ3v) is 3.51. The van der Waals surface area contributed by atoms with Gasteiger partial charge in [-0.25, -0.2) is 0 Å². The number of nitrogens with one attached hydrogen (secondary N) is 1. The first-order valence-electron chi connectivity index (χ1n) is 6.53. The average molecular weight is 263 g/mol. The van der Waals surface area contributed by atoms with Crippen LogP contribution in [0.4, 0.5) is 5.69 Å². The lowest BCUT2D eigenvalue weighted by Crippen LogP contribution is -2.42. The molecule has 1 atom stereocenters. The van der Waals surface area contributed by atoms with Crippen LogP contribution < -0.4 is 11.3 Å². The lowest BCUT2D eigenvalue weighted by molar-refractivity contribution is 0.0697. The minimum Gasteiger partial charge on any atom is -0.335 e. The third kappa shape index (κ3) is 3.02. The molecule has 1 aromatic heterocycles. The summed E-state index contributed by atoms with van der Waals surface area (Å²) in [6, 6.07) is 1.90. The molecule has 1 aliphatic heterocycles. The smallest absolute Gasteiger partial charge is 0.256 e. The van der Waals surface area contributed by atoms with Crippen LogP contribution in [0, 0.1) is 0 Å². The summed E-state index contributed by atoms with van der Waals surface area (Å²) >= 11 is 0. The molecule has 6 heteroatoms. The molecule has 1 aromatic rings. The lowest BCUT2D eigenvalue weighted by atomic mass is 10.1. The Balaban J connectivity index is 2.22. The largest absolute Gasteiger partial charge is 0.335 e. The fourth-order valence-electron chi connectivity index (χ4n) is 2.52. The Hall–Kier alpha value is -1.66. The van der Waals surface area contributed by atoms with Gasteiger partial charge in [-0.15, -0.1) is 0 Å². The third-order valence-electron chi connectivity index (χ3n) is 3.51. The van der Waals surface area contributed by atoms with Gasteiger partial charge in [-0.05, 0) is 33.0 Å². The molecule has 6 nitrogen and oxygen atoms in total. The highest BCUT2D eigenvalue weighted by Gasteiger charge is 2.26. The van der Waals surface area contributed by atoms with Crippen molar-refractivity contribution in [2.45, 2.75) is 19.4 Å². The first kappa shape index (κ1) is 13.8. The Labute approximate surface area is 113 Å². The molecule has 1 fully saturated rings. The number of likely N-dealkylation sites (N-methyl/N-ethyl adjacent to an activating group) is 1. The van der Waals surface area contributed by atoms with E-state index in [0.717, 1.165) is 26.1 Å². The van der Waals surface area contributed by atoms with Gasteiger partial charge in [-0.1, -0.05) is 0 Å². The number of rotatable bonds is 2. The van der Waals surface area contributed by atoms with Gasteiger partial charge in [0, 0.05) is 25.3 Å². The molecule has 104 valence electrons. The topological polar surface area (TPSA) is 74.5 Å². The van der Waals surface area contributed by atoms with Gasteiger partial charge in [0.05, 0.1) is 17.4 Å². The minimum absolute atomic E-state index is 0.0122. The summed E-state index contributed by atoms with van der Waals surface area (Å²) in [5.74, 6) is 5.45. The fourth-order valence-corrected chi connectivity index (χ4v) is 2.52. The van der Waals surface area contributed by atoms with Crippen LogP contribution in [-0.2, 0) is 0 Å². The second-order valence-corrected chi connectivity index (χ2v) is 5.03. The maximum atomic E-state index is 12.6. The molecule has 2 rings (SSSR count). The summed E-state index contributed by atoms with van der Waals surface area (Å²) in [6.45, 7) is 4.77. The zero-order valence-electron chi connectivity index (χ0n) is 11.5. The number of nitrogens with two attached hydrogens (primary N) is 1. The average Bonchev–Trinajstić information content (AvgIpc) is 2.58. The minimum atomic E-state index is 0.0122. The number of hydrogen-bond donors (Lipinski definition) is 2. The van der Waals surface area contributed by atoms with Crippen molar-refractivity contribution < 1.29 is 4.79 Å². The molecule has 0 spiro atoms. The first-order valence-corrected chi connectivity index (χ1v) is 6.53. The Morgan fingerprint density at radius 2 is 2.32 bits per heavy atom. The van der Waals surface area contributed by atoms with Crippen LogP contribution in [0.15, 0.2) is 18.5 Å². The van der Waals surface area contributed by atoms with Crippen LogP contribution in [0.5, 0.6) is 0 Å². The van der Waals surface area contributed by atoms with Crippen LogP contribution in [0.2, 0.25) is 0 Å². The van der Waals surface area contributed by atoms with Crippen molar-refractivity contribution >= 4 is 11.6 Å². The molecule has 19 heavy (non-hydrogen) atoms. The number of amides is 1. The van der Waals surface area contributed by atoms with E-state index < -0.39 is 0 Å². The van der Waals surface area contributed by atoms with Gasteiger partial charge < -0.3 is 15.2 Å². The van der Waals surface area contributed by atoms with Crippen molar-refractivity contribution in [3.8, 4) is 0 Å². The summed E-state index contributed by atoms with van der Waals surface area (Å²) in [7, 11) is 2.09. The highest BCUT2D eigenvalue weighted by atomic mass is 16.2. The fraction of sp³-hybridized carbons (Fsp3) is 0.538. The van der Waals surface area contributed by atoms with E-state index in [0.29, 0.717) is 11.3 Å². The Kier molecular flexibility index (Phi) is 4.34. The molecule has 0 radical (unpaired) electrons. The molecule has 1 saturated heterocycles. The predicted molar refractivity (Wildman–Crippen MR) is 74.7 cm³/mol. The van der Waals surface area contributed by atoms with Crippen molar-refractivity contribution in [3.05, 3.63) is 24.0 Å². The molecular weight excluding hydrogens is 242 g/mol. The first-order chi connectivity index (χ1) is 9.13. The number of hydrazine groups is 1. The molecule has 0 aromatic carbocycles. The van der Waals surface area contributed by atoms with Gasteiger partial charge >= 0.3 is 0 Å². The van der Waals surface area contributed by atoms with E-state index in [4.69, 9.17) is 5.84 Å². The van der Waals surface area contributed by atoms with Crippen molar-refractivity contribution in [1.29, 1.82) is 0 Å². The summed E-state index contributed by atoms with van der Waals surface area (Å²) < 4.78 is 0. The summed E-state index contributed by atoms with van der Waals surface area (Å²) in [5, 5.41) is 0. The lowest BCUT2D eigenvalue weighted by Gasteiger charge is -2.28. The molecule has 0 bridgehead atoms. The maximum Gasteiger partial charge on any atom is 0.256 e. The summed E-state index contributed by atoms with van der Waals surface area (Å²) in [6.07, 6.45) is 4.17. The number of carbonyl (C=O) groups is 1. The summed E-state index contributed by atoms with van der Waals surface area (Å²) in [4.78, 5) is 20.8. The van der Waals surface area contributed by atoms with Crippen molar-refractivity contribution in [1.82, 2.24) is 14.8 Å². The Bertz CT molecular complexity index is 450. The molecule has 2 heterocycles. The van der Waals surface area contributed by atoms with Gasteiger partial charge in [0.2, 0.25) is 0 Å². The van der Waals surface area contributed by atoms with Gasteiger partial charge in [0.1, 0.15) is 0 Å². The Morgan fingerprint density at radius 1 is 1.53 bits per heavy atom. The number of nitrogen functional groups attached to an aromatic ring is 1. The van der Waals surface area contributed by atoms with E-state index >= 15 is 0 Å². The van der Waals surface area contributed by atoms with Crippen LogP contribution in [0.1, 0.15) is 23.7 Å². The van der Waals surface area contributed by atoms with Crippen molar-refractivity contribution in [2.75, 3.05) is 32.1 Å².